The standard InChI is InChI=1S/C20H23NO3/c1-20(2)17(12-21(3)4)19(13-6-5-7-14(22)10-13)16-11-15(23)8-9-18(16)24-20/h5-11,22-23H,12H2,1-4H3. The number of likely N-dealkylation sites (N-methyl/N-ethyl adjacent to an activating group) is 1. The molecule has 1 aliphatic heterocycles. The molecule has 4 heteroatoms. The lowest BCUT2D eigenvalue weighted by molar-refractivity contribution is 0.136. The van der Waals surface area contributed by atoms with Crippen LogP contribution in [0.1, 0.15) is 25.0 Å². The second-order valence-electron chi connectivity index (χ2n) is 6.93. The van der Waals surface area contributed by atoms with Gasteiger partial charge in [-0.2, -0.15) is 0 Å². The molecule has 1 heterocycles. The van der Waals surface area contributed by atoms with Gasteiger partial charge in [-0.1, -0.05) is 12.1 Å². The van der Waals surface area contributed by atoms with Crippen LogP contribution in [0.3, 0.4) is 0 Å². The Labute approximate surface area is 142 Å². The maximum atomic E-state index is 9.97. The van der Waals surface area contributed by atoms with Crippen molar-refractivity contribution in [3.63, 3.8) is 0 Å². The van der Waals surface area contributed by atoms with Crippen molar-refractivity contribution in [2.45, 2.75) is 19.4 Å². The zero-order valence-corrected chi connectivity index (χ0v) is 14.5. The van der Waals surface area contributed by atoms with Gasteiger partial charge in [-0.15, -0.1) is 0 Å². The van der Waals surface area contributed by atoms with Crippen molar-refractivity contribution in [2.75, 3.05) is 20.6 Å². The third-order valence-electron chi connectivity index (χ3n) is 4.24. The lowest BCUT2D eigenvalue weighted by atomic mass is 9.82. The van der Waals surface area contributed by atoms with Crippen molar-refractivity contribution < 1.29 is 14.9 Å². The van der Waals surface area contributed by atoms with Gasteiger partial charge in [-0.25, -0.2) is 0 Å². The number of phenols is 2. The van der Waals surface area contributed by atoms with Crippen molar-refractivity contribution in [3.8, 4) is 17.2 Å². The fraction of sp³-hybridized carbons (Fsp3) is 0.300. The molecule has 0 bridgehead atoms. The normalized spacial score (nSPS) is 16.0. The van der Waals surface area contributed by atoms with Gasteiger partial charge in [0.15, 0.2) is 0 Å². The fourth-order valence-electron chi connectivity index (χ4n) is 3.18. The smallest absolute Gasteiger partial charge is 0.128 e. The molecule has 0 spiro atoms. The Kier molecular flexibility index (Phi) is 4.01. The summed E-state index contributed by atoms with van der Waals surface area (Å²) in [5.74, 6) is 1.15. The van der Waals surface area contributed by atoms with Crippen LogP contribution in [-0.4, -0.2) is 41.4 Å². The quantitative estimate of drug-likeness (QED) is 0.905. The molecule has 126 valence electrons. The highest BCUT2D eigenvalue weighted by atomic mass is 16.5. The lowest BCUT2D eigenvalue weighted by Crippen LogP contribution is -2.39. The van der Waals surface area contributed by atoms with Crippen LogP contribution in [-0.2, 0) is 0 Å². The highest BCUT2D eigenvalue weighted by molar-refractivity contribution is 5.88. The molecule has 2 aromatic rings. The van der Waals surface area contributed by atoms with Gasteiger partial charge in [0.05, 0.1) is 0 Å². The van der Waals surface area contributed by atoms with Crippen LogP contribution in [0.4, 0.5) is 0 Å². The first-order valence-electron chi connectivity index (χ1n) is 7.98. The van der Waals surface area contributed by atoms with Gasteiger partial charge in [-0.05, 0) is 75.0 Å². The maximum Gasteiger partial charge on any atom is 0.128 e. The first-order chi connectivity index (χ1) is 11.3. The van der Waals surface area contributed by atoms with E-state index in [1.54, 1.807) is 30.3 Å². The van der Waals surface area contributed by atoms with E-state index < -0.39 is 5.60 Å². The molecule has 1 aliphatic rings. The van der Waals surface area contributed by atoms with Crippen LogP contribution in [0.2, 0.25) is 0 Å². The zero-order chi connectivity index (χ0) is 17.5. The number of ether oxygens (including phenoxy) is 1. The van der Waals surface area contributed by atoms with E-state index in [1.807, 2.05) is 40.1 Å². The Morgan fingerprint density at radius 3 is 2.38 bits per heavy atom. The Balaban J connectivity index is 2.33. The Hall–Kier alpha value is -2.46. The molecule has 0 fully saturated rings. The van der Waals surface area contributed by atoms with E-state index in [-0.39, 0.29) is 11.5 Å². The van der Waals surface area contributed by atoms with Gasteiger partial charge in [0.1, 0.15) is 22.8 Å². The van der Waals surface area contributed by atoms with Crippen molar-refractivity contribution in [2.24, 2.45) is 0 Å². The molecule has 0 aromatic heterocycles. The van der Waals surface area contributed by atoms with Crippen LogP contribution >= 0.6 is 0 Å². The van der Waals surface area contributed by atoms with Crippen molar-refractivity contribution >= 4 is 5.57 Å². The number of hydrogen-bond acceptors (Lipinski definition) is 4. The molecule has 0 saturated heterocycles. The van der Waals surface area contributed by atoms with Gasteiger partial charge in [-0.3, -0.25) is 0 Å². The Morgan fingerprint density at radius 2 is 1.71 bits per heavy atom. The third kappa shape index (κ3) is 2.97. The predicted octanol–water partition coefficient (Wildman–Crippen LogP) is 3.63. The summed E-state index contributed by atoms with van der Waals surface area (Å²) in [5.41, 5.74) is 3.37. The summed E-state index contributed by atoms with van der Waals surface area (Å²) in [5, 5.41) is 19.9. The van der Waals surface area contributed by atoms with E-state index in [0.717, 1.165) is 28.0 Å². The number of nitrogens with zero attached hydrogens (tertiary/aromatic N) is 1. The van der Waals surface area contributed by atoms with Crippen LogP contribution in [0.5, 0.6) is 17.2 Å². The van der Waals surface area contributed by atoms with Crippen molar-refractivity contribution in [1.29, 1.82) is 0 Å². The van der Waals surface area contributed by atoms with E-state index in [4.69, 9.17) is 4.74 Å². The molecule has 3 rings (SSSR count). The maximum absolute atomic E-state index is 9.97. The van der Waals surface area contributed by atoms with E-state index in [0.29, 0.717) is 6.54 Å². The van der Waals surface area contributed by atoms with Gasteiger partial charge in [0.2, 0.25) is 0 Å². The van der Waals surface area contributed by atoms with E-state index in [9.17, 15) is 10.2 Å². The topological polar surface area (TPSA) is 52.9 Å². The molecule has 24 heavy (non-hydrogen) atoms. The number of hydrogen-bond donors (Lipinski definition) is 2. The lowest BCUT2D eigenvalue weighted by Gasteiger charge is -2.38. The van der Waals surface area contributed by atoms with Crippen LogP contribution in [0.25, 0.3) is 5.57 Å². The van der Waals surface area contributed by atoms with Gasteiger partial charge >= 0.3 is 0 Å². The molecule has 0 radical (unpaired) electrons. The fourth-order valence-corrected chi connectivity index (χ4v) is 3.18. The minimum atomic E-state index is -0.491. The second kappa shape index (κ2) is 5.87. The predicted molar refractivity (Wildman–Crippen MR) is 95.5 cm³/mol. The number of rotatable bonds is 3. The summed E-state index contributed by atoms with van der Waals surface area (Å²) >= 11 is 0. The highest BCUT2D eigenvalue weighted by Crippen LogP contribution is 2.45. The molecule has 0 saturated carbocycles. The number of fused-ring (bicyclic) bond motifs is 1. The average Bonchev–Trinajstić information content (AvgIpc) is 2.48. The van der Waals surface area contributed by atoms with E-state index >= 15 is 0 Å². The Bertz CT molecular complexity index is 806. The van der Waals surface area contributed by atoms with Crippen LogP contribution in [0, 0.1) is 0 Å². The summed E-state index contributed by atoms with van der Waals surface area (Å²) in [6.07, 6.45) is 0. The van der Waals surface area contributed by atoms with Gasteiger partial charge in [0.25, 0.3) is 0 Å². The van der Waals surface area contributed by atoms with Crippen LogP contribution in [0.15, 0.2) is 48.0 Å². The largest absolute Gasteiger partial charge is 0.508 e. The summed E-state index contributed by atoms with van der Waals surface area (Å²) in [4.78, 5) is 2.09. The van der Waals surface area contributed by atoms with Gasteiger partial charge < -0.3 is 19.8 Å². The highest BCUT2D eigenvalue weighted by Gasteiger charge is 2.35. The first-order valence-corrected chi connectivity index (χ1v) is 7.98. The molecular formula is C20H23NO3. The molecular weight excluding hydrogens is 302 g/mol. The average molecular weight is 325 g/mol. The number of aromatic hydroxyl groups is 2. The van der Waals surface area contributed by atoms with Gasteiger partial charge in [0, 0.05) is 12.1 Å². The zero-order valence-electron chi connectivity index (χ0n) is 14.5. The summed E-state index contributed by atoms with van der Waals surface area (Å²) in [6, 6.07) is 12.4. The molecule has 2 N–H and O–H groups in total. The molecule has 0 unspecified atom stereocenters. The van der Waals surface area contributed by atoms with E-state index in [1.165, 1.54) is 0 Å². The first kappa shape index (κ1) is 16.4. The minimum absolute atomic E-state index is 0.193. The molecule has 0 aliphatic carbocycles. The molecule has 4 nitrogen and oxygen atoms in total. The third-order valence-corrected chi connectivity index (χ3v) is 4.24. The van der Waals surface area contributed by atoms with E-state index in [2.05, 4.69) is 4.90 Å². The monoisotopic (exact) mass is 325 g/mol. The summed E-state index contributed by atoms with van der Waals surface area (Å²) in [6.45, 7) is 4.81. The SMILES string of the molecule is CN(C)CC1=C(c2cccc(O)c2)c2cc(O)ccc2OC1(C)C. The molecule has 0 amide bonds. The number of phenolic OH excluding ortho intramolecular Hbond substituents is 2. The molecule has 2 aromatic carbocycles. The number of benzene rings is 2. The summed E-state index contributed by atoms with van der Waals surface area (Å²) < 4.78 is 6.21. The van der Waals surface area contributed by atoms with Crippen molar-refractivity contribution in [1.82, 2.24) is 4.90 Å². The Morgan fingerprint density at radius 1 is 1.00 bits per heavy atom. The van der Waals surface area contributed by atoms with Crippen LogP contribution < -0.4 is 4.74 Å². The second-order valence-corrected chi connectivity index (χ2v) is 6.93. The van der Waals surface area contributed by atoms with Crippen molar-refractivity contribution in [3.05, 3.63) is 59.2 Å². The summed E-state index contributed by atoms with van der Waals surface area (Å²) in [7, 11) is 4.03. The molecule has 0 atom stereocenters. The minimum Gasteiger partial charge on any atom is -0.508 e.